The van der Waals surface area contributed by atoms with Gasteiger partial charge in [0.15, 0.2) is 0 Å². The van der Waals surface area contributed by atoms with Crippen LogP contribution in [0.1, 0.15) is 5.56 Å². The first-order valence-electron chi connectivity index (χ1n) is 4.39. The summed E-state index contributed by atoms with van der Waals surface area (Å²) in [6.45, 7) is 0. The molecular weight excluding hydrogens is 237 g/mol. The number of carbonyl (C=O) groups is 1. The number of carboxylic acids is 1. The normalized spacial score (nSPS) is 12.5. The topological polar surface area (TPSA) is 49.3 Å². The Kier molecular flexibility index (Phi) is 4.39. The van der Waals surface area contributed by atoms with Gasteiger partial charge in [-0.3, -0.25) is 4.79 Å². The predicted octanol–water partition coefficient (Wildman–Crippen LogP) is 2.21. The maximum Gasteiger partial charge on any atom is 0.321 e. The first-order chi connectivity index (χ1) is 7.06. The van der Waals surface area contributed by atoms with Crippen LogP contribution < -0.4 is 5.32 Å². The Balaban J connectivity index is 2.88. The maximum atomic E-state index is 10.8. The molecule has 1 unspecified atom stereocenters. The van der Waals surface area contributed by atoms with E-state index in [0.717, 1.165) is 5.56 Å². The highest BCUT2D eigenvalue weighted by Gasteiger charge is 2.17. The summed E-state index contributed by atoms with van der Waals surface area (Å²) in [5, 5.41) is 12.4. The van der Waals surface area contributed by atoms with Crippen LogP contribution in [0.2, 0.25) is 10.0 Å². The van der Waals surface area contributed by atoms with Gasteiger partial charge in [-0.15, -0.1) is 0 Å². The Bertz CT molecular complexity index is 368. The summed E-state index contributed by atoms with van der Waals surface area (Å²) in [7, 11) is 1.59. The average molecular weight is 248 g/mol. The van der Waals surface area contributed by atoms with Gasteiger partial charge in [0.05, 0.1) is 10.0 Å². The number of likely N-dealkylation sites (N-methyl/N-ethyl adjacent to an activating group) is 1. The third-order valence-corrected chi connectivity index (χ3v) is 2.96. The van der Waals surface area contributed by atoms with Crippen LogP contribution >= 0.6 is 23.2 Å². The highest BCUT2D eigenvalue weighted by molar-refractivity contribution is 6.42. The van der Waals surface area contributed by atoms with E-state index in [-0.39, 0.29) is 0 Å². The summed E-state index contributed by atoms with van der Waals surface area (Å²) in [5.74, 6) is -0.909. The van der Waals surface area contributed by atoms with E-state index in [1.54, 1.807) is 25.2 Å². The number of hydrogen-bond acceptors (Lipinski definition) is 2. The zero-order chi connectivity index (χ0) is 11.4. The van der Waals surface area contributed by atoms with E-state index in [4.69, 9.17) is 28.3 Å². The lowest BCUT2D eigenvalue weighted by atomic mass is 10.1. The summed E-state index contributed by atoms with van der Waals surface area (Å²) in [6.07, 6.45) is 0.311. The Labute approximate surface area is 98.0 Å². The number of hydrogen-bond donors (Lipinski definition) is 2. The molecule has 0 aliphatic heterocycles. The number of carboxylic acid groups (broad SMARTS) is 1. The summed E-state index contributed by atoms with van der Waals surface area (Å²) in [5.41, 5.74) is 0.728. The zero-order valence-corrected chi connectivity index (χ0v) is 9.64. The van der Waals surface area contributed by atoms with Crippen molar-refractivity contribution in [2.45, 2.75) is 12.5 Å². The minimum absolute atomic E-state index is 0.311. The van der Waals surface area contributed by atoms with Gasteiger partial charge in [0.25, 0.3) is 0 Å². The quantitative estimate of drug-likeness (QED) is 0.858. The van der Waals surface area contributed by atoms with Gasteiger partial charge in [0.2, 0.25) is 0 Å². The van der Waals surface area contributed by atoms with Gasteiger partial charge in [-0.25, -0.2) is 0 Å². The van der Waals surface area contributed by atoms with Crippen LogP contribution in [0.15, 0.2) is 18.2 Å². The van der Waals surface area contributed by atoms with Crippen LogP contribution in [0.25, 0.3) is 0 Å². The van der Waals surface area contributed by atoms with Crippen molar-refractivity contribution < 1.29 is 9.90 Å². The summed E-state index contributed by atoms with van der Waals surface area (Å²) >= 11 is 11.8. The first-order valence-corrected chi connectivity index (χ1v) is 5.14. The van der Waals surface area contributed by atoms with Crippen molar-refractivity contribution in [3.63, 3.8) is 0 Å². The van der Waals surface area contributed by atoms with Crippen molar-refractivity contribution in [1.29, 1.82) is 0 Å². The minimum atomic E-state index is -0.909. The maximum absolute atomic E-state index is 10.8. The van der Waals surface area contributed by atoms with Gasteiger partial charge < -0.3 is 10.4 Å². The van der Waals surface area contributed by atoms with E-state index < -0.39 is 12.0 Å². The molecule has 0 fully saturated rings. The molecule has 3 nitrogen and oxygen atoms in total. The highest BCUT2D eigenvalue weighted by Crippen LogP contribution is 2.26. The average Bonchev–Trinajstić information content (AvgIpc) is 2.19. The van der Waals surface area contributed by atoms with Crippen LogP contribution in [0, 0.1) is 0 Å². The van der Waals surface area contributed by atoms with Gasteiger partial charge in [-0.1, -0.05) is 35.3 Å². The zero-order valence-electron chi connectivity index (χ0n) is 8.13. The van der Waals surface area contributed by atoms with E-state index in [0.29, 0.717) is 16.5 Å². The number of rotatable bonds is 4. The fourth-order valence-corrected chi connectivity index (χ4v) is 1.64. The lowest BCUT2D eigenvalue weighted by Gasteiger charge is -2.12. The third kappa shape index (κ3) is 3.09. The molecule has 1 atom stereocenters. The van der Waals surface area contributed by atoms with Crippen LogP contribution in [0.3, 0.4) is 0 Å². The second-order valence-corrected chi connectivity index (χ2v) is 3.88. The molecular formula is C10H11Cl2NO2. The molecule has 82 valence electrons. The molecule has 0 aliphatic rings. The molecule has 1 rings (SSSR count). The molecule has 0 aliphatic carbocycles. The molecule has 0 spiro atoms. The molecule has 0 saturated carbocycles. The SMILES string of the molecule is CNC(Cc1cccc(Cl)c1Cl)C(=O)O. The molecule has 0 aromatic heterocycles. The third-order valence-electron chi connectivity index (χ3n) is 2.10. The molecule has 2 N–H and O–H groups in total. The van der Waals surface area contributed by atoms with Crippen molar-refractivity contribution in [2.24, 2.45) is 0 Å². The van der Waals surface area contributed by atoms with E-state index in [1.165, 1.54) is 0 Å². The van der Waals surface area contributed by atoms with Crippen molar-refractivity contribution in [1.82, 2.24) is 5.32 Å². The van der Waals surface area contributed by atoms with E-state index in [2.05, 4.69) is 5.32 Å². The largest absolute Gasteiger partial charge is 0.480 e. The lowest BCUT2D eigenvalue weighted by Crippen LogP contribution is -2.35. The second kappa shape index (κ2) is 5.35. The summed E-state index contributed by atoms with van der Waals surface area (Å²) in [6, 6.07) is 4.53. The van der Waals surface area contributed by atoms with Gasteiger partial charge in [-0.05, 0) is 25.1 Å². The van der Waals surface area contributed by atoms with E-state index in [9.17, 15) is 4.79 Å². The second-order valence-electron chi connectivity index (χ2n) is 3.10. The van der Waals surface area contributed by atoms with Gasteiger partial charge in [-0.2, -0.15) is 0 Å². The molecule has 0 saturated heterocycles. The summed E-state index contributed by atoms with van der Waals surface area (Å²) in [4.78, 5) is 10.8. The highest BCUT2D eigenvalue weighted by atomic mass is 35.5. The molecule has 0 heterocycles. The Hall–Kier alpha value is -0.770. The minimum Gasteiger partial charge on any atom is -0.480 e. The lowest BCUT2D eigenvalue weighted by molar-refractivity contribution is -0.139. The Morgan fingerprint density at radius 1 is 1.53 bits per heavy atom. The van der Waals surface area contributed by atoms with Crippen LogP contribution in [0.4, 0.5) is 0 Å². The van der Waals surface area contributed by atoms with Crippen molar-refractivity contribution in [3.8, 4) is 0 Å². The number of halogens is 2. The van der Waals surface area contributed by atoms with E-state index in [1.807, 2.05) is 0 Å². The van der Waals surface area contributed by atoms with Crippen LogP contribution in [-0.2, 0) is 11.2 Å². The van der Waals surface area contributed by atoms with Gasteiger partial charge >= 0.3 is 5.97 Å². The van der Waals surface area contributed by atoms with Crippen molar-refractivity contribution in [2.75, 3.05) is 7.05 Å². The number of benzene rings is 1. The van der Waals surface area contributed by atoms with Crippen LogP contribution in [-0.4, -0.2) is 24.2 Å². The predicted molar refractivity (Wildman–Crippen MR) is 60.6 cm³/mol. The Morgan fingerprint density at radius 3 is 2.73 bits per heavy atom. The molecule has 5 heteroatoms. The first kappa shape index (κ1) is 12.3. The van der Waals surface area contributed by atoms with Crippen molar-refractivity contribution in [3.05, 3.63) is 33.8 Å². The molecule has 1 aromatic carbocycles. The van der Waals surface area contributed by atoms with Crippen LogP contribution in [0.5, 0.6) is 0 Å². The number of aliphatic carboxylic acids is 1. The monoisotopic (exact) mass is 247 g/mol. The molecule has 1 aromatic rings. The molecule has 15 heavy (non-hydrogen) atoms. The summed E-state index contributed by atoms with van der Waals surface area (Å²) < 4.78 is 0. The molecule has 0 radical (unpaired) electrons. The van der Waals surface area contributed by atoms with E-state index >= 15 is 0 Å². The molecule has 0 bridgehead atoms. The van der Waals surface area contributed by atoms with Gasteiger partial charge in [0.1, 0.15) is 6.04 Å². The smallest absolute Gasteiger partial charge is 0.321 e. The molecule has 0 amide bonds. The van der Waals surface area contributed by atoms with Crippen molar-refractivity contribution >= 4 is 29.2 Å². The van der Waals surface area contributed by atoms with Gasteiger partial charge in [0, 0.05) is 0 Å². The fourth-order valence-electron chi connectivity index (χ4n) is 1.24. The number of nitrogens with one attached hydrogen (secondary N) is 1. The Morgan fingerprint density at radius 2 is 2.20 bits per heavy atom. The standard InChI is InChI=1S/C10H11Cl2NO2/c1-13-8(10(14)15)5-6-3-2-4-7(11)9(6)12/h2-4,8,13H,5H2,1H3,(H,14,15). The fraction of sp³-hybridized carbons (Fsp3) is 0.300.